The van der Waals surface area contributed by atoms with Crippen LogP contribution in [0.5, 0.6) is 0 Å². The van der Waals surface area contributed by atoms with Gasteiger partial charge in [-0.2, -0.15) is 0 Å². The highest BCUT2D eigenvalue weighted by Gasteiger charge is 2.10. The number of aromatic nitrogens is 4. The van der Waals surface area contributed by atoms with E-state index >= 15 is 0 Å². The van der Waals surface area contributed by atoms with E-state index in [0.29, 0.717) is 11.3 Å². The first kappa shape index (κ1) is 14.7. The molecule has 7 heteroatoms. The standard InChI is InChI=1S/C16H14N4O3/c1-2-23-16(22)12-6-7-15(21)20(10-12)13-5-3-4-11(8-13)14-9-17-19-18-14/h3-10H,2H2,1H3,(H,17,18,19). The number of nitrogens with one attached hydrogen (secondary N) is 1. The zero-order valence-electron chi connectivity index (χ0n) is 12.4. The summed E-state index contributed by atoms with van der Waals surface area (Å²) in [5, 5.41) is 10.2. The van der Waals surface area contributed by atoms with Crippen molar-refractivity contribution in [3.63, 3.8) is 0 Å². The van der Waals surface area contributed by atoms with Gasteiger partial charge in [0.15, 0.2) is 0 Å². The summed E-state index contributed by atoms with van der Waals surface area (Å²) in [5.41, 5.74) is 2.29. The topological polar surface area (TPSA) is 89.9 Å². The zero-order valence-corrected chi connectivity index (χ0v) is 12.4. The Bertz CT molecular complexity index is 884. The van der Waals surface area contributed by atoms with E-state index in [-0.39, 0.29) is 12.2 Å². The molecule has 0 radical (unpaired) electrons. The van der Waals surface area contributed by atoms with Crippen LogP contribution in [-0.4, -0.2) is 32.6 Å². The summed E-state index contributed by atoms with van der Waals surface area (Å²) in [7, 11) is 0. The van der Waals surface area contributed by atoms with Gasteiger partial charge in [-0.3, -0.25) is 14.5 Å². The van der Waals surface area contributed by atoms with Gasteiger partial charge in [0.05, 0.1) is 24.1 Å². The molecule has 0 fully saturated rings. The molecule has 0 saturated heterocycles. The van der Waals surface area contributed by atoms with Crippen molar-refractivity contribution in [2.24, 2.45) is 0 Å². The maximum absolute atomic E-state index is 12.1. The Morgan fingerprint density at radius 1 is 1.30 bits per heavy atom. The van der Waals surface area contributed by atoms with E-state index in [2.05, 4.69) is 15.4 Å². The van der Waals surface area contributed by atoms with E-state index in [0.717, 1.165) is 11.3 Å². The van der Waals surface area contributed by atoms with Gasteiger partial charge in [-0.05, 0) is 25.1 Å². The number of esters is 1. The third kappa shape index (κ3) is 3.03. The number of rotatable bonds is 4. The van der Waals surface area contributed by atoms with Crippen molar-refractivity contribution in [3.8, 4) is 16.9 Å². The molecule has 0 spiro atoms. The number of H-pyrrole nitrogens is 1. The smallest absolute Gasteiger partial charge is 0.339 e. The van der Waals surface area contributed by atoms with Crippen LogP contribution < -0.4 is 5.56 Å². The Kier molecular flexibility index (Phi) is 4.01. The number of carbonyl (C=O) groups excluding carboxylic acids is 1. The number of nitrogens with zero attached hydrogens (tertiary/aromatic N) is 3. The Morgan fingerprint density at radius 3 is 2.91 bits per heavy atom. The summed E-state index contributed by atoms with van der Waals surface area (Å²) >= 11 is 0. The van der Waals surface area contributed by atoms with Crippen LogP contribution in [0, 0.1) is 0 Å². The van der Waals surface area contributed by atoms with Crippen molar-refractivity contribution in [3.05, 3.63) is 64.7 Å². The summed E-state index contributed by atoms with van der Waals surface area (Å²) in [6.07, 6.45) is 3.07. The predicted octanol–water partition coefficient (Wildman–Crippen LogP) is 1.80. The molecule has 1 aromatic carbocycles. The third-order valence-electron chi connectivity index (χ3n) is 3.27. The normalized spacial score (nSPS) is 10.5. The molecule has 0 saturated carbocycles. The van der Waals surface area contributed by atoms with Crippen LogP contribution in [0.3, 0.4) is 0 Å². The second kappa shape index (κ2) is 6.27. The second-order valence-electron chi connectivity index (χ2n) is 4.77. The summed E-state index contributed by atoms with van der Waals surface area (Å²) in [6, 6.07) is 10.1. The fraction of sp³-hybridized carbons (Fsp3) is 0.125. The molecule has 116 valence electrons. The molecule has 23 heavy (non-hydrogen) atoms. The highest BCUT2D eigenvalue weighted by molar-refractivity contribution is 5.89. The molecule has 0 aliphatic rings. The minimum absolute atomic E-state index is 0.238. The van der Waals surface area contributed by atoms with Crippen molar-refractivity contribution >= 4 is 5.97 Å². The SMILES string of the molecule is CCOC(=O)c1ccc(=O)n(-c2cccc(-c3cnn[nH]3)c2)c1. The molecule has 1 N–H and O–H groups in total. The van der Waals surface area contributed by atoms with Crippen molar-refractivity contribution in [2.45, 2.75) is 6.92 Å². The molecule has 0 aliphatic heterocycles. The first-order valence-electron chi connectivity index (χ1n) is 7.05. The molecule has 0 bridgehead atoms. The van der Waals surface area contributed by atoms with E-state index < -0.39 is 5.97 Å². The molecule has 0 atom stereocenters. The van der Waals surface area contributed by atoms with Gasteiger partial charge in [-0.1, -0.05) is 17.3 Å². The van der Waals surface area contributed by atoms with Crippen molar-refractivity contribution in [1.82, 2.24) is 20.0 Å². The predicted molar refractivity (Wildman–Crippen MR) is 83.4 cm³/mol. The number of hydrogen-bond donors (Lipinski definition) is 1. The highest BCUT2D eigenvalue weighted by atomic mass is 16.5. The second-order valence-corrected chi connectivity index (χ2v) is 4.77. The van der Waals surface area contributed by atoms with Crippen LogP contribution in [0.25, 0.3) is 16.9 Å². The number of carbonyl (C=O) groups is 1. The molecule has 2 heterocycles. The highest BCUT2D eigenvalue weighted by Crippen LogP contribution is 2.18. The average Bonchev–Trinajstić information content (AvgIpc) is 3.10. The van der Waals surface area contributed by atoms with E-state index in [1.165, 1.54) is 22.9 Å². The lowest BCUT2D eigenvalue weighted by molar-refractivity contribution is 0.0525. The van der Waals surface area contributed by atoms with E-state index in [9.17, 15) is 9.59 Å². The third-order valence-corrected chi connectivity index (χ3v) is 3.27. The Labute approximate surface area is 131 Å². The molecule has 7 nitrogen and oxygen atoms in total. The van der Waals surface area contributed by atoms with Crippen LogP contribution >= 0.6 is 0 Å². The van der Waals surface area contributed by atoms with Crippen molar-refractivity contribution in [2.75, 3.05) is 6.61 Å². The van der Waals surface area contributed by atoms with Gasteiger partial charge < -0.3 is 4.74 Å². The van der Waals surface area contributed by atoms with Crippen molar-refractivity contribution < 1.29 is 9.53 Å². The number of benzene rings is 1. The Hall–Kier alpha value is -3.22. The first-order chi connectivity index (χ1) is 11.2. The Morgan fingerprint density at radius 2 is 2.17 bits per heavy atom. The van der Waals surface area contributed by atoms with Gasteiger partial charge in [-0.25, -0.2) is 4.79 Å². The molecule has 3 rings (SSSR count). The fourth-order valence-electron chi connectivity index (χ4n) is 2.18. The Balaban J connectivity index is 2.05. The molecule has 0 aliphatic carbocycles. The molecule has 2 aromatic heterocycles. The number of aromatic amines is 1. The van der Waals surface area contributed by atoms with Crippen LogP contribution in [0.2, 0.25) is 0 Å². The fourth-order valence-corrected chi connectivity index (χ4v) is 2.18. The van der Waals surface area contributed by atoms with E-state index in [1.54, 1.807) is 19.2 Å². The number of ether oxygens (including phenoxy) is 1. The quantitative estimate of drug-likeness (QED) is 0.742. The van der Waals surface area contributed by atoms with Gasteiger partial charge >= 0.3 is 5.97 Å². The number of hydrogen-bond acceptors (Lipinski definition) is 5. The average molecular weight is 310 g/mol. The monoisotopic (exact) mass is 310 g/mol. The molecule has 3 aromatic rings. The lowest BCUT2D eigenvalue weighted by Crippen LogP contribution is -2.19. The molecule has 0 unspecified atom stereocenters. The van der Waals surface area contributed by atoms with Gasteiger partial charge in [0.25, 0.3) is 5.56 Å². The van der Waals surface area contributed by atoms with Gasteiger partial charge in [0, 0.05) is 23.5 Å². The van der Waals surface area contributed by atoms with Crippen LogP contribution in [0.15, 0.2) is 53.6 Å². The molecular formula is C16H14N4O3. The summed E-state index contributed by atoms with van der Waals surface area (Å²) in [5.74, 6) is -0.463. The maximum Gasteiger partial charge on any atom is 0.339 e. The minimum Gasteiger partial charge on any atom is -0.462 e. The maximum atomic E-state index is 12.1. The van der Waals surface area contributed by atoms with Crippen LogP contribution in [0.1, 0.15) is 17.3 Å². The largest absolute Gasteiger partial charge is 0.462 e. The first-order valence-corrected chi connectivity index (χ1v) is 7.05. The van der Waals surface area contributed by atoms with Gasteiger partial charge in [0.1, 0.15) is 0 Å². The lowest BCUT2D eigenvalue weighted by Gasteiger charge is -2.09. The molecule has 0 amide bonds. The summed E-state index contributed by atoms with van der Waals surface area (Å²) in [4.78, 5) is 24.0. The summed E-state index contributed by atoms with van der Waals surface area (Å²) < 4.78 is 6.37. The van der Waals surface area contributed by atoms with E-state index in [4.69, 9.17) is 4.74 Å². The molecular weight excluding hydrogens is 296 g/mol. The summed E-state index contributed by atoms with van der Waals surface area (Å²) in [6.45, 7) is 2.01. The van der Waals surface area contributed by atoms with Gasteiger partial charge in [-0.15, -0.1) is 5.10 Å². The van der Waals surface area contributed by atoms with Crippen LogP contribution in [0.4, 0.5) is 0 Å². The lowest BCUT2D eigenvalue weighted by atomic mass is 10.1. The van der Waals surface area contributed by atoms with Crippen LogP contribution in [-0.2, 0) is 4.74 Å². The number of pyridine rings is 1. The van der Waals surface area contributed by atoms with E-state index in [1.807, 2.05) is 18.2 Å². The van der Waals surface area contributed by atoms with Crippen molar-refractivity contribution in [1.29, 1.82) is 0 Å². The van der Waals surface area contributed by atoms with Gasteiger partial charge in [0.2, 0.25) is 0 Å². The zero-order chi connectivity index (χ0) is 16.2. The minimum atomic E-state index is -0.463.